The van der Waals surface area contributed by atoms with Crippen LogP contribution in [0, 0.1) is 6.92 Å². The molecule has 1 aromatic rings. The minimum absolute atomic E-state index is 0.0240. The SMILES string of the molecule is Cc1c(Br)cccc1N1CCC(NC2CC2)C1=O. The Morgan fingerprint density at radius 3 is 2.83 bits per heavy atom. The Morgan fingerprint density at radius 2 is 2.11 bits per heavy atom. The highest BCUT2D eigenvalue weighted by atomic mass is 79.9. The molecule has 1 saturated carbocycles. The lowest BCUT2D eigenvalue weighted by Crippen LogP contribution is -2.39. The molecule has 1 aliphatic carbocycles. The number of hydrogen-bond donors (Lipinski definition) is 1. The fraction of sp³-hybridized carbons (Fsp3) is 0.500. The lowest BCUT2D eigenvalue weighted by Gasteiger charge is -2.20. The van der Waals surface area contributed by atoms with Crippen LogP contribution < -0.4 is 10.2 Å². The predicted octanol–water partition coefficient (Wildman–Crippen LogP) is 2.61. The minimum atomic E-state index is 0.0240. The topological polar surface area (TPSA) is 32.3 Å². The van der Waals surface area contributed by atoms with Crippen LogP contribution in [-0.2, 0) is 4.79 Å². The molecule has 3 nitrogen and oxygen atoms in total. The molecule has 1 amide bonds. The third kappa shape index (κ3) is 2.19. The Bertz CT molecular complexity index is 485. The number of carbonyl (C=O) groups excluding carboxylic acids is 1. The van der Waals surface area contributed by atoms with Gasteiger partial charge in [0.1, 0.15) is 0 Å². The first-order valence-electron chi connectivity index (χ1n) is 6.49. The summed E-state index contributed by atoms with van der Waals surface area (Å²) in [5.41, 5.74) is 2.17. The molecule has 0 bridgehead atoms. The van der Waals surface area contributed by atoms with Crippen LogP contribution in [-0.4, -0.2) is 24.5 Å². The molecule has 1 N–H and O–H groups in total. The van der Waals surface area contributed by atoms with Crippen LogP contribution in [0.4, 0.5) is 5.69 Å². The van der Waals surface area contributed by atoms with Crippen LogP contribution in [0.2, 0.25) is 0 Å². The molecule has 96 valence electrons. The number of hydrogen-bond acceptors (Lipinski definition) is 2. The summed E-state index contributed by atoms with van der Waals surface area (Å²) in [5, 5.41) is 3.43. The minimum Gasteiger partial charge on any atom is -0.311 e. The molecule has 0 spiro atoms. The van der Waals surface area contributed by atoms with E-state index >= 15 is 0 Å². The summed E-state index contributed by atoms with van der Waals surface area (Å²) in [7, 11) is 0. The zero-order valence-corrected chi connectivity index (χ0v) is 12.0. The van der Waals surface area contributed by atoms with Crippen LogP contribution in [0.5, 0.6) is 0 Å². The van der Waals surface area contributed by atoms with E-state index in [0.29, 0.717) is 6.04 Å². The Kier molecular flexibility index (Phi) is 3.16. The molecule has 0 aromatic heterocycles. The quantitative estimate of drug-likeness (QED) is 0.931. The van der Waals surface area contributed by atoms with Crippen molar-refractivity contribution in [2.24, 2.45) is 0 Å². The molecule has 1 unspecified atom stereocenters. The van der Waals surface area contributed by atoms with Gasteiger partial charge in [0.2, 0.25) is 5.91 Å². The molecule has 1 saturated heterocycles. The molecule has 1 aromatic carbocycles. The third-order valence-electron chi connectivity index (χ3n) is 3.75. The van der Waals surface area contributed by atoms with Gasteiger partial charge in [-0.3, -0.25) is 4.79 Å². The van der Waals surface area contributed by atoms with E-state index < -0.39 is 0 Å². The van der Waals surface area contributed by atoms with Crippen molar-refractivity contribution in [1.82, 2.24) is 5.32 Å². The molecule has 3 rings (SSSR count). The van der Waals surface area contributed by atoms with Crippen molar-refractivity contribution < 1.29 is 4.79 Å². The summed E-state index contributed by atoms with van der Waals surface area (Å²) < 4.78 is 1.06. The Balaban J connectivity index is 1.80. The number of rotatable bonds is 3. The van der Waals surface area contributed by atoms with Crippen molar-refractivity contribution in [2.45, 2.75) is 38.3 Å². The van der Waals surface area contributed by atoms with Gasteiger partial charge < -0.3 is 10.2 Å². The number of anilines is 1. The Morgan fingerprint density at radius 1 is 1.33 bits per heavy atom. The van der Waals surface area contributed by atoms with Gasteiger partial charge in [0.15, 0.2) is 0 Å². The van der Waals surface area contributed by atoms with Crippen molar-refractivity contribution in [1.29, 1.82) is 0 Å². The van der Waals surface area contributed by atoms with E-state index in [1.807, 2.05) is 30.0 Å². The first kappa shape index (κ1) is 12.2. The van der Waals surface area contributed by atoms with E-state index in [-0.39, 0.29) is 11.9 Å². The van der Waals surface area contributed by atoms with Gasteiger partial charge in [-0.2, -0.15) is 0 Å². The van der Waals surface area contributed by atoms with E-state index in [4.69, 9.17) is 0 Å². The zero-order valence-electron chi connectivity index (χ0n) is 10.4. The second kappa shape index (κ2) is 4.67. The van der Waals surface area contributed by atoms with Crippen molar-refractivity contribution in [3.05, 3.63) is 28.2 Å². The van der Waals surface area contributed by atoms with Crippen LogP contribution in [0.1, 0.15) is 24.8 Å². The average molecular weight is 309 g/mol. The zero-order chi connectivity index (χ0) is 12.7. The first-order chi connectivity index (χ1) is 8.66. The molecular formula is C14H17BrN2O. The summed E-state index contributed by atoms with van der Waals surface area (Å²) in [5.74, 6) is 0.225. The fourth-order valence-corrected chi connectivity index (χ4v) is 2.85. The van der Waals surface area contributed by atoms with E-state index in [1.165, 1.54) is 12.8 Å². The highest BCUT2D eigenvalue weighted by molar-refractivity contribution is 9.10. The number of amides is 1. The van der Waals surface area contributed by atoms with E-state index in [9.17, 15) is 4.79 Å². The van der Waals surface area contributed by atoms with Gasteiger partial charge >= 0.3 is 0 Å². The summed E-state index contributed by atoms with van der Waals surface area (Å²) in [4.78, 5) is 14.3. The predicted molar refractivity (Wildman–Crippen MR) is 75.8 cm³/mol. The van der Waals surface area contributed by atoms with Crippen molar-refractivity contribution >= 4 is 27.5 Å². The number of carbonyl (C=O) groups is 1. The largest absolute Gasteiger partial charge is 0.311 e. The molecule has 2 aliphatic rings. The van der Waals surface area contributed by atoms with Gasteiger partial charge in [0, 0.05) is 22.7 Å². The van der Waals surface area contributed by atoms with E-state index in [0.717, 1.165) is 28.7 Å². The van der Waals surface area contributed by atoms with Crippen molar-refractivity contribution in [3.8, 4) is 0 Å². The average Bonchev–Trinajstić information content (AvgIpc) is 3.09. The highest BCUT2D eigenvalue weighted by Crippen LogP contribution is 2.31. The van der Waals surface area contributed by atoms with Gasteiger partial charge in [0.05, 0.1) is 6.04 Å². The van der Waals surface area contributed by atoms with Crippen LogP contribution in [0.25, 0.3) is 0 Å². The van der Waals surface area contributed by atoms with E-state index in [1.54, 1.807) is 0 Å². The van der Waals surface area contributed by atoms with Crippen molar-refractivity contribution in [2.75, 3.05) is 11.4 Å². The molecule has 2 fully saturated rings. The third-order valence-corrected chi connectivity index (χ3v) is 4.61. The van der Waals surface area contributed by atoms with E-state index in [2.05, 4.69) is 21.2 Å². The van der Waals surface area contributed by atoms with Crippen LogP contribution >= 0.6 is 15.9 Å². The van der Waals surface area contributed by atoms with Crippen LogP contribution in [0.15, 0.2) is 22.7 Å². The smallest absolute Gasteiger partial charge is 0.244 e. The first-order valence-corrected chi connectivity index (χ1v) is 7.28. The lowest BCUT2D eigenvalue weighted by molar-refractivity contribution is -0.118. The van der Waals surface area contributed by atoms with Crippen LogP contribution in [0.3, 0.4) is 0 Å². The second-order valence-electron chi connectivity index (χ2n) is 5.16. The van der Waals surface area contributed by atoms with Gasteiger partial charge in [-0.1, -0.05) is 22.0 Å². The molecule has 1 atom stereocenters. The molecule has 0 radical (unpaired) electrons. The summed E-state index contributed by atoms with van der Waals surface area (Å²) in [6.07, 6.45) is 3.36. The maximum atomic E-state index is 12.4. The number of benzene rings is 1. The molecule has 4 heteroatoms. The van der Waals surface area contributed by atoms with Gasteiger partial charge in [-0.05, 0) is 43.9 Å². The molecule has 1 heterocycles. The summed E-state index contributed by atoms with van der Waals surface area (Å²) >= 11 is 3.52. The highest BCUT2D eigenvalue weighted by Gasteiger charge is 2.36. The molecule has 1 aliphatic heterocycles. The van der Waals surface area contributed by atoms with Crippen molar-refractivity contribution in [3.63, 3.8) is 0 Å². The lowest BCUT2D eigenvalue weighted by atomic mass is 10.2. The fourth-order valence-electron chi connectivity index (χ4n) is 2.50. The summed E-state index contributed by atoms with van der Waals surface area (Å²) in [6, 6.07) is 6.64. The van der Waals surface area contributed by atoms with Gasteiger partial charge in [-0.25, -0.2) is 0 Å². The standard InChI is InChI=1S/C14H17BrN2O/c1-9-11(15)3-2-4-13(9)17-8-7-12(14(17)18)16-10-5-6-10/h2-4,10,12,16H,5-8H2,1H3. The Hall–Kier alpha value is -0.870. The second-order valence-corrected chi connectivity index (χ2v) is 6.01. The van der Waals surface area contributed by atoms with Gasteiger partial charge in [-0.15, -0.1) is 0 Å². The Labute approximate surface area is 116 Å². The maximum Gasteiger partial charge on any atom is 0.244 e. The summed E-state index contributed by atoms with van der Waals surface area (Å²) in [6.45, 7) is 2.87. The van der Waals surface area contributed by atoms with Gasteiger partial charge in [0.25, 0.3) is 0 Å². The number of halogens is 1. The number of nitrogens with one attached hydrogen (secondary N) is 1. The molecular weight excluding hydrogens is 292 g/mol. The number of nitrogens with zero attached hydrogens (tertiary/aromatic N) is 1. The normalized spacial score (nSPS) is 23.8. The monoisotopic (exact) mass is 308 g/mol. The maximum absolute atomic E-state index is 12.4. The molecule has 18 heavy (non-hydrogen) atoms.